The molecule has 33 heavy (non-hydrogen) atoms. The Bertz CT molecular complexity index is 1280. The normalized spacial score (nSPS) is 20.1. The summed E-state index contributed by atoms with van der Waals surface area (Å²) in [7, 11) is 0. The van der Waals surface area contributed by atoms with Gasteiger partial charge in [-0.1, -0.05) is 31.2 Å². The molecule has 8 heteroatoms. The molecule has 0 bridgehead atoms. The SMILES string of the molecule is CCc1cccc2c(C(=O)CN3C(=O)N[C@@](C)(c4ccc5c(c4)OCCCO5)C3=O)c[nH]c12. The number of fused-ring (bicyclic) bond motifs is 2. The van der Waals surface area contributed by atoms with Crippen molar-refractivity contribution in [3.05, 3.63) is 59.3 Å². The molecule has 3 amide bonds. The van der Waals surface area contributed by atoms with Crippen molar-refractivity contribution in [1.82, 2.24) is 15.2 Å². The first-order chi connectivity index (χ1) is 15.9. The Morgan fingerprint density at radius 1 is 1.12 bits per heavy atom. The molecule has 3 aromatic rings. The fraction of sp³-hybridized carbons (Fsp3) is 0.320. The zero-order chi connectivity index (χ0) is 23.2. The van der Waals surface area contributed by atoms with Crippen LogP contribution in [0.3, 0.4) is 0 Å². The van der Waals surface area contributed by atoms with Crippen LogP contribution in [0.2, 0.25) is 0 Å². The van der Waals surface area contributed by atoms with E-state index in [-0.39, 0.29) is 12.3 Å². The number of ketones is 1. The van der Waals surface area contributed by atoms with E-state index in [9.17, 15) is 14.4 Å². The molecule has 2 N–H and O–H groups in total. The molecule has 0 unspecified atom stereocenters. The third kappa shape index (κ3) is 3.42. The largest absolute Gasteiger partial charge is 0.490 e. The molecule has 2 aliphatic rings. The Hall–Kier alpha value is -3.81. The molecular formula is C25H25N3O5. The van der Waals surface area contributed by atoms with Crippen molar-refractivity contribution in [3.63, 3.8) is 0 Å². The Kier molecular flexibility index (Phi) is 5.08. The van der Waals surface area contributed by atoms with Crippen molar-refractivity contribution in [2.75, 3.05) is 19.8 Å². The average Bonchev–Trinajstić information content (AvgIpc) is 3.23. The fourth-order valence-corrected chi connectivity index (χ4v) is 4.48. The van der Waals surface area contributed by atoms with Crippen molar-refractivity contribution in [2.45, 2.75) is 32.2 Å². The smallest absolute Gasteiger partial charge is 0.325 e. The maximum absolute atomic E-state index is 13.4. The van der Waals surface area contributed by atoms with Crippen LogP contribution in [0.1, 0.15) is 41.8 Å². The molecule has 170 valence electrons. The summed E-state index contributed by atoms with van der Waals surface area (Å²) in [6.45, 7) is 4.41. The van der Waals surface area contributed by atoms with E-state index in [0.29, 0.717) is 35.8 Å². The Labute approximate surface area is 190 Å². The summed E-state index contributed by atoms with van der Waals surface area (Å²) in [6, 6.07) is 10.4. The van der Waals surface area contributed by atoms with Crippen LogP contribution >= 0.6 is 0 Å². The highest BCUT2D eigenvalue weighted by atomic mass is 16.5. The number of aromatic amines is 1. The molecule has 0 aliphatic carbocycles. The van der Waals surface area contributed by atoms with Crippen molar-refractivity contribution < 1.29 is 23.9 Å². The van der Waals surface area contributed by atoms with Gasteiger partial charge in [0.25, 0.3) is 5.91 Å². The summed E-state index contributed by atoms with van der Waals surface area (Å²) < 4.78 is 11.4. The van der Waals surface area contributed by atoms with E-state index in [1.165, 1.54) is 0 Å². The van der Waals surface area contributed by atoms with Gasteiger partial charge < -0.3 is 19.8 Å². The number of para-hydroxylation sites is 1. The molecule has 8 nitrogen and oxygen atoms in total. The average molecular weight is 447 g/mol. The fourth-order valence-electron chi connectivity index (χ4n) is 4.48. The van der Waals surface area contributed by atoms with E-state index in [4.69, 9.17) is 9.47 Å². The van der Waals surface area contributed by atoms with Gasteiger partial charge in [0, 0.05) is 29.1 Å². The van der Waals surface area contributed by atoms with Crippen LogP contribution in [0, 0.1) is 0 Å². The van der Waals surface area contributed by atoms with Gasteiger partial charge in [-0.25, -0.2) is 4.79 Å². The number of nitrogens with one attached hydrogen (secondary N) is 2. The number of amides is 3. The number of aromatic nitrogens is 1. The van der Waals surface area contributed by atoms with E-state index in [1.54, 1.807) is 31.3 Å². The van der Waals surface area contributed by atoms with Gasteiger partial charge in [0.2, 0.25) is 0 Å². The number of carbonyl (C=O) groups excluding carboxylic acids is 3. The number of benzene rings is 2. The molecule has 5 rings (SSSR count). The highest BCUT2D eigenvalue weighted by molar-refractivity contribution is 6.14. The second kappa shape index (κ2) is 7.95. The minimum absolute atomic E-state index is 0.305. The molecule has 1 aromatic heterocycles. The molecule has 3 heterocycles. The Balaban J connectivity index is 1.41. The first-order valence-corrected chi connectivity index (χ1v) is 11.1. The Morgan fingerprint density at radius 2 is 1.91 bits per heavy atom. The number of hydrogen-bond donors (Lipinski definition) is 2. The highest BCUT2D eigenvalue weighted by Gasteiger charge is 2.50. The van der Waals surface area contributed by atoms with E-state index >= 15 is 0 Å². The number of hydrogen-bond acceptors (Lipinski definition) is 5. The maximum Gasteiger partial charge on any atom is 0.325 e. The van der Waals surface area contributed by atoms with Crippen molar-refractivity contribution >= 4 is 28.6 Å². The molecule has 1 fully saturated rings. The molecular weight excluding hydrogens is 422 g/mol. The standard InChI is InChI=1S/C25H25N3O5/c1-3-15-6-4-7-17-18(13-26-22(15)17)19(29)14-28-23(30)25(2,27-24(28)31)16-8-9-20-21(12-16)33-11-5-10-32-20/h4,6-9,12-13,26H,3,5,10-11,14H2,1-2H3,(H,27,31)/t25-/m0/s1. The lowest BCUT2D eigenvalue weighted by molar-refractivity contribution is -0.130. The number of nitrogens with zero attached hydrogens (tertiary/aromatic N) is 1. The van der Waals surface area contributed by atoms with Gasteiger partial charge in [0.1, 0.15) is 5.54 Å². The van der Waals surface area contributed by atoms with Crippen LogP contribution in [0.25, 0.3) is 10.9 Å². The first-order valence-electron chi connectivity index (χ1n) is 11.1. The maximum atomic E-state index is 13.4. The van der Waals surface area contributed by atoms with Crippen LogP contribution in [0.15, 0.2) is 42.6 Å². The predicted molar refractivity (Wildman–Crippen MR) is 122 cm³/mol. The van der Waals surface area contributed by atoms with Crippen LogP contribution < -0.4 is 14.8 Å². The summed E-state index contributed by atoms with van der Waals surface area (Å²) in [5, 5.41) is 3.54. The predicted octanol–water partition coefficient (Wildman–Crippen LogP) is 3.54. The zero-order valence-corrected chi connectivity index (χ0v) is 18.6. The summed E-state index contributed by atoms with van der Waals surface area (Å²) in [6.07, 6.45) is 3.24. The van der Waals surface area contributed by atoms with E-state index < -0.39 is 17.5 Å². The number of rotatable bonds is 5. The van der Waals surface area contributed by atoms with Gasteiger partial charge in [-0.15, -0.1) is 0 Å². The zero-order valence-electron chi connectivity index (χ0n) is 18.6. The monoisotopic (exact) mass is 447 g/mol. The molecule has 1 atom stereocenters. The lowest BCUT2D eigenvalue weighted by Gasteiger charge is -2.23. The Morgan fingerprint density at radius 3 is 2.70 bits per heavy atom. The van der Waals surface area contributed by atoms with E-state index in [2.05, 4.69) is 10.3 Å². The minimum atomic E-state index is -1.31. The van der Waals surface area contributed by atoms with E-state index in [1.807, 2.05) is 25.1 Å². The van der Waals surface area contributed by atoms with Gasteiger partial charge in [0.05, 0.1) is 19.8 Å². The number of urea groups is 1. The number of imide groups is 1. The van der Waals surface area contributed by atoms with Crippen LogP contribution in [0.4, 0.5) is 4.79 Å². The van der Waals surface area contributed by atoms with Crippen molar-refractivity contribution in [2.24, 2.45) is 0 Å². The topological polar surface area (TPSA) is 101 Å². The molecule has 1 saturated heterocycles. The number of H-pyrrole nitrogens is 1. The summed E-state index contributed by atoms with van der Waals surface area (Å²) in [4.78, 5) is 43.4. The van der Waals surface area contributed by atoms with Crippen LogP contribution in [-0.2, 0) is 16.8 Å². The number of ether oxygens (including phenoxy) is 2. The van der Waals surface area contributed by atoms with Crippen molar-refractivity contribution in [1.29, 1.82) is 0 Å². The number of carbonyl (C=O) groups is 3. The van der Waals surface area contributed by atoms with Gasteiger partial charge in [0.15, 0.2) is 17.3 Å². The summed E-state index contributed by atoms with van der Waals surface area (Å²) in [5.41, 5.74) is 1.73. The van der Waals surface area contributed by atoms with Crippen molar-refractivity contribution in [3.8, 4) is 11.5 Å². The summed E-state index contributed by atoms with van der Waals surface area (Å²) in [5.74, 6) is 0.355. The lowest BCUT2D eigenvalue weighted by Crippen LogP contribution is -2.41. The quantitative estimate of drug-likeness (QED) is 0.460. The minimum Gasteiger partial charge on any atom is -0.490 e. The molecule has 0 saturated carbocycles. The first kappa shape index (κ1) is 21.1. The van der Waals surface area contributed by atoms with E-state index in [0.717, 1.165) is 34.2 Å². The molecule has 2 aromatic carbocycles. The molecule has 0 spiro atoms. The third-order valence-electron chi connectivity index (χ3n) is 6.38. The number of aryl methyl sites for hydroxylation is 1. The van der Waals surface area contributed by atoms with Gasteiger partial charge in [-0.05, 0) is 36.6 Å². The second-order valence-corrected chi connectivity index (χ2v) is 8.48. The van der Waals surface area contributed by atoms with Gasteiger partial charge >= 0.3 is 6.03 Å². The van der Waals surface area contributed by atoms with Gasteiger partial charge in [-0.3, -0.25) is 14.5 Å². The lowest BCUT2D eigenvalue weighted by atomic mass is 9.91. The highest BCUT2D eigenvalue weighted by Crippen LogP contribution is 2.36. The van der Waals surface area contributed by atoms with Gasteiger partial charge in [-0.2, -0.15) is 0 Å². The second-order valence-electron chi connectivity index (χ2n) is 8.48. The summed E-state index contributed by atoms with van der Waals surface area (Å²) >= 11 is 0. The third-order valence-corrected chi connectivity index (χ3v) is 6.38. The molecule has 2 aliphatic heterocycles. The van der Waals surface area contributed by atoms with Crippen LogP contribution in [-0.4, -0.2) is 47.4 Å². The van der Waals surface area contributed by atoms with Crippen LogP contribution in [0.5, 0.6) is 11.5 Å². The number of Topliss-reactive ketones (excluding diaryl/α,β-unsaturated/α-hetero) is 1. The molecule has 0 radical (unpaired) electrons.